The van der Waals surface area contributed by atoms with Crippen LogP contribution in [0.3, 0.4) is 0 Å². The molecule has 0 saturated carbocycles. The summed E-state index contributed by atoms with van der Waals surface area (Å²) in [5, 5.41) is 0. The number of aryl methyl sites for hydroxylation is 2. The summed E-state index contributed by atoms with van der Waals surface area (Å²) >= 11 is 0. The predicted molar refractivity (Wildman–Crippen MR) is 113 cm³/mol. The number of hydrogen-bond acceptors (Lipinski definition) is 3. The molecule has 0 radical (unpaired) electrons. The smallest absolute Gasteiger partial charge is 0.329 e. The normalized spacial score (nSPS) is 12.7. The molecule has 3 nitrogen and oxygen atoms in total. The molecule has 0 spiro atoms. The Hall–Kier alpha value is -2.81. The van der Waals surface area contributed by atoms with Crippen LogP contribution in [0.15, 0.2) is 73.8 Å². The first-order chi connectivity index (χ1) is 13.0. The second-order valence-electron chi connectivity index (χ2n) is 6.58. The first kappa shape index (κ1) is 20.5. The number of anilines is 1. The van der Waals surface area contributed by atoms with Crippen LogP contribution in [-0.4, -0.2) is 25.2 Å². The summed E-state index contributed by atoms with van der Waals surface area (Å²) in [5.41, 5.74) is 4.40. The van der Waals surface area contributed by atoms with E-state index in [-0.39, 0.29) is 11.9 Å². The van der Waals surface area contributed by atoms with Gasteiger partial charge in [0.05, 0.1) is 6.61 Å². The lowest BCUT2D eigenvalue weighted by molar-refractivity contribution is -0.145. The van der Waals surface area contributed by atoms with Gasteiger partial charge in [0.25, 0.3) is 0 Å². The largest absolute Gasteiger partial charge is 0.464 e. The quantitative estimate of drug-likeness (QED) is 0.453. The maximum Gasteiger partial charge on any atom is 0.329 e. The summed E-state index contributed by atoms with van der Waals surface area (Å²) in [6.07, 6.45) is 3.64. The van der Waals surface area contributed by atoms with Gasteiger partial charge in [-0.15, -0.1) is 13.2 Å². The van der Waals surface area contributed by atoms with Crippen molar-refractivity contribution in [2.45, 2.75) is 32.7 Å². The average Bonchev–Trinajstić information content (AvgIpc) is 2.67. The van der Waals surface area contributed by atoms with Crippen molar-refractivity contribution in [1.29, 1.82) is 0 Å². The number of carbonyl (C=O) groups excluding carboxylic acids is 1. The van der Waals surface area contributed by atoms with Crippen LogP contribution in [0, 0.1) is 13.8 Å². The summed E-state index contributed by atoms with van der Waals surface area (Å²) in [4.78, 5) is 15.1. The SMILES string of the molecule is C=CCN(c1ccc(C)c(C)c1)[C@@H](C(=O)OCC)[C@H](C=C)c1ccccc1. The summed E-state index contributed by atoms with van der Waals surface area (Å²) in [5.74, 6) is -0.460. The Morgan fingerprint density at radius 2 is 1.81 bits per heavy atom. The number of carbonyl (C=O) groups is 1. The van der Waals surface area contributed by atoms with Gasteiger partial charge >= 0.3 is 5.97 Å². The van der Waals surface area contributed by atoms with Crippen LogP contribution in [0.5, 0.6) is 0 Å². The lowest BCUT2D eigenvalue weighted by Crippen LogP contribution is -2.46. The second-order valence-corrected chi connectivity index (χ2v) is 6.58. The van der Waals surface area contributed by atoms with Gasteiger partial charge in [0.1, 0.15) is 6.04 Å². The molecule has 2 aromatic rings. The van der Waals surface area contributed by atoms with Crippen molar-refractivity contribution < 1.29 is 9.53 Å². The third-order valence-corrected chi connectivity index (χ3v) is 4.79. The molecule has 2 aromatic carbocycles. The van der Waals surface area contributed by atoms with Gasteiger partial charge in [-0.25, -0.2) is 4.79 Å². The van der Waals surface area contributed by atoms with Crippen molar-refractivity contribution in [3.05, 3.63) is 90.5 Å². The Bertz CT molecular complexity index is 782. The monoisotopic (exact) mass is 363 g/mol. The van der Waals surface area contributed by atoms with Crippen molar-refractivity contribution in [2.24, 2.45) is 0 Å². The van der Waals surface area contributed by atoms with E-state index in [0.717, 1.165) is 11.3 Å². The van der Waals surface area contributed by atoms with Gasteiger partial charge in [-0.2, -0.15) is 0 Å². The van der Waals surface area contributed by atoms with Gasteiger partial charge in [-0.1, -0.05) is 48.6 Å². The highest BCUT2D eigenvalue weighted by Gasteiger charge is 2.34. The topological polar surface area (TPSA) is 29.5 Å². The van der Waals surface area contributed by atoms with Crippen molar-refractivity contribution in [3.8, 4) is 0 Å². The molecular weight excluding hydrogens is 334 g/mol. The molecule has 0 aliphatic rings. The molecule has 0 fully saturated rings. The number of nitrogens with zero attached hydrogens (tertiary/aromatic N) is 1. The highest BCUT2D eigenvalue weighted by Crippen LogP contribution is 2.30. The fourth-order valence-corrected chi connectivity index (χ4v) is 3.24. The zero-order valence-corrected chi connectivity index (χ0v) is 16.5. The summed E-state index contributed by atoms with van der Waals surface area (Å²) in [6.45, 7) is 14.8. The van der Waals surface area contributed by atoms with Crippen LogP contribution in [0.2, 0.25) is 0 Å². The molecule has 0 heterocycles. The molecule has 2 atom stereocenters. The fraction of sp³-hybridized carbons (Fsp3) is 0.292. The van der Waals surface area contributed by atoms with Crippen molar-refractivity contribution >= 4 is 11.7 Å². The lowest BCUT2D eigenvalue weighted by atomic mass is 9.89. The van der Waals surface area contributed by atoms with Gasteiger partial charge < -0.3 is 9.64 Å². The van der Waals surface area contributed by atoms with Crippen molar-refractivity contribution in [1.82, 2.24) is 0 Å². The van der Waals surface area contributed by atoms with Gasteiger partial charge in [-0.05, 0) is 49.6 Å². The van der Waals surface area contributed by atoms with Crippen LogP contribution >= 0.6 is 0 Å². The zero-order valence-electron chi connectivity index (χ0n) is 16.5. The van der Waals surface area contributed by atoms with E-state index in [2.05, 4.69) is 44.0 Å². The molecular formula is C24H29NO2. The first-order valence-corrected chi connectivity index (χ1v) is 9.32. The molecule has 0 aliphatic carbocycles. The molecule has 27 heavy (non-hydrogen) atoms. The fourth-order valence-electron chi connectivity index (χ4n) is 3.24. The van der Waals surface area contributed by atoms with Crippen molar-refractivity contribution in [2.75, 3.05) is 18.1 Å². The summed E-state index contributed by atoms with van der Waals surface area (Å²) < 4.78 is 5.45. The Morgan fingerprint density at radius 3 is 2.37 bits per heavy atom. The van der Waals surface area contributed by atoms with E-state index in [1.807, 2.05) is 55.5 Å². The van der Waals surface area contributed by atoms with Crippen LogP contribution in [0.4, 0.5) is 5.69 Å². The molecule has 0 amide bonds. The minimum Gasteiger partial charge on any atom is -0.464 e. The molecule has 142 valence electrons. The molecule has 0 N–H and O–H groups in total. The van der Waals surface area contributed by atoms with E-state index in [1.165, 1.54) is 11.1 Å². The maximum absolute atomic E-state index is 13.0. The first-order valence-electron chi connectivity index (χ1n) is 9.32. The standard InChI is InChI=1S/C24H29NO2/c1-6-16-25(21-15-14-18(4)19(5)17-21)23(24(26)27-8-3)22(7-2)20-12-10-9-11-13-20/h6-7,9-15,17,22-23H,1-2,8,16H2,3-5H3/t22-,23-/m1/s1. The predicted octanol–water partition coefficient (Wildman–Crippen LogP) is 5.20. The summed E-state index contributed by atoms with van der Waals surface area (Å²) in [6, 6.07) is 15.7. The van der Waals surface area contributed by atoms with Crippen LogP contribution < -0.4 is 4.90 Å². The molecule has 0 aliphatic heterocycles. The average molecular weight is 364 g/mol. The number of hydrogen-bond donors (Lipinski definition) is 0. The second kappa shape index (κ2) is 9.77. The van der Waals surface area contributed by atoms with Crippen LogP contribution in [0.25, 0.3) is 0 Å². The minimum absolute atomic E-state index is 0.202. The molecule has 0 saturated heterocycles. The van der Waals surface area contributed by atoms with Crippen molar-refractivity contribution in [3.63, 3.8) is 0 Å². The molecule has 2 rings (SSSR count). The minimum atomic E-state index is -0.523. The Labute approximate surface area is 163 Å². The van der Waals surface area contributed by atoms with E-state index >= 15 is 0 Å². The molecule has 0 unspecified atom stereocenters. The third-order valence-electron chi connectivity index (χ3n) is 4.79. The molecule has 0 bridgehead atoms. The summed E-state index contributed by atoms with van der Waals surface area (Å²) in [7, 11) is 0. The number of esters is 1. The Morgan fingerprint density at radius 1 is 1.11 bits per heavy atom. The van der Waals surface area contributed by atoms with Gasteiger partial charge in [-0.3, -0.25) is 0 Å². The van der Waals surface area contributed by atoms with E-state index in [0.29, 0.717) is 13.2 Å². The van der Waals surface area contributed by atoms with Crippen LogP contribution in [-0.2, 0) is 9.53 Å². The van der Waals surface area contributed by atoms with E-state index in [4.69, 9.17) is 4.74 Å². The van der Waals surface area contributed by atoms with Crippen LogP contribution in [0.1, 0.15) is 29.5 Å². The number of rotatable bonds is 9. The van der Waals surface area contributed by atoms with E-state index in [9.17, 15) is 4.79 Å². The van der Waals surface area contributed by atoms with Gasteiger partial charge in [0, 0.05) is 18.2 Å². The lowest BCUT2D eigenvalue weighted by Gasteiger charge is -2.36. The maximum atomic E-state index is 13.0. The number of ether oxygens (including phenoxy) is 1. The highest BCUT2D eigenvalue weighted by atomic mass is 16.5. The van der Waals surface area contributed by atoms with Gasteiger partial charge in [0.15, 0.2) is 0 Å². The Kier molecular flexibility index (Phi) is 7.42. The highest BCUT2D eigenvalue weighted by molar-refractivity contribution is 5.82. The van der Waals surface area contributed by atoms with E-state index in [1.54, 1.807) is 0 Å². The third kappa shape index (κ3) is 4.88. The molecule has 0 aromatic heterocycles. The zero-order chi connectivity index (χ0) is 19.8. The molecule has 3 heteroatoms. The Balaban J connectivity index is 2.56. The number of benzene rings is 2. The van der Waals surface area contributed by atoms with Gasteiger partial charge in [0.2, 0.25) is 0 Å². The van der Waals surface area contributed by atoms with E-state index < -0.39 is 6.04 Å².